The van der Waals surface area contributed by atoms with E-state index in [0.29, 0.717) is 35.5 Å². The van der Waals surface area contributed by atoms with Gasteiger partial charge in [-0.3, -0.25) is 0 Å². The normalized spacial score (nSPS) is 15.6. The average molecular weight is 342 g/mol. The maximum absolute atomic E-state index is 6.29. The van der Waals surface area contributed by atoms with Gasteiger partial charge in [0.05, 0.1) is 30.3 Å². The number of ether oxygens (including phenoxy) is 2. The summed E-state index contributed by atoms with van der Waals surface area (Å²) in [5.74, 6) is 1.57. The fourth-order valence-electron chi connectivity index (χ4n) is 2.38. The van der Waals surface area contributed by atoms with Gasteiger partial charge in [0.1, 0.15) is 5.82 Å². The maximum Gasteiger partial charge on any atom is 0.164 e. The second-order valence-electron chi connectivity index (χ2n) is 5.08. The third-order valence-corrected chi connectivity index (χ3v) is 3.91. The molecule has 0 atom stereocenters. The molecule has 1 saturated heterocycles. The van der Waals surface area contributed by atoms with Crippen molar-refractivity contribution in [2.24, 2.45) is 0 Å². The van der Waals surface area contributed by atoms with Gasteiger partial charge in [-0.2, -0.15) is 5.10 Å². The lowest BCUT2D eigenvalue weighted by Crippen LogP contribution is -2.12. The number of aromatic nitrogens is 3. The van der Waals surface area contributed by atoms with E-state index in [9.17, 15) is 0 Å². The summed E-state index contributed by atoms with van der Waals surface area (Å²) in [4.78, 5) is 4.60. The van der Waals surface area contributed by atoms with E-state index in [0.717, 1.165) is 24.4 Å². The van der Waals surface area contributed by atoms with E-state index in [1.54, 1.807) is 16.8 Å². The Morgan fingerprint density at radius 2 is 2.05 bits per heavy atom. The molecule has 1 aromatic heterocycles. The second kappa shape index (κ2) is 6.96. The highest BCUT2D eigenvalue weighted by Gasteiger charge is 2.21. The van der Waals surface area contributed by atoms with E-state index < -0.39 is 0 Å². The van der Waals surface area contributed by atoms with Crippen molar-refractivity contribution in [3.05, 3.63) is 39.9 Å². The third-order valence-electron chi connectivity index (χ3n) is 3.37. The Hall–Kier alpha value is -1.14. The van der Waals surface area contributed by atoms with Crippen molar-refractivity contribution in [2.45, 2.75) is 32.5 Å². The van der Waals surface area contributed by atoms with Gasteiger partial charge in [0.15, 0.2) is 12.1 Å². The zero-order valence-electron chi connectivity index (χ0n) is 12.3. The Bertz CT molecular complexity index is 654. The van der Waals surface area contributed by atoms with Gasteiger partial charge in [-0.1, -0.05) is 30.1 Å². The van der Waals surface area contributed by atoms with Crippen LogP contribution < -0.4 is 0 Å². The smallest absolute Gasteiger partial charge is 0.164 e. The van der Waals surface area contributed by atoms with Crippen LogP contribution in [0.1, 0.15) is 25.0 Å². The molecule has 118 valence electrons. The molecule has 2 aromatic rings. The van der Waals surface area contributed by atoms with Crippen molar-refractivity contribution >= 4 is 23.2 Å². The van der Waals surface area contributed by atoms with Gasteiger partial charge in [-0.15, -0.1) is 0 Å². The summed E-state index contributed by atoms with van der Waals surface area (Å²) in [6, 6.07) is 5.35. The molecule has 1 aliphatic rings. The summed E-state index contributed by atoms with van der Waals surface area (Å²) < 4.78 is 12.7. The standard InChI is InChI=1S/C15H17Cl2N3O2/c1-2-3-14-18-13(9-15-21-6-7-22-15)19-20(14)12-5-4-10(16)8-11(12)17/h4-5,8,15H,2-3,6-7,9H2,1H3. The van der Waals surface area contributed by atoms with Crippen LogP contribution in [0.15, 0.2) is 18.2 Å². The van der Waals surface area contributed by atoms with Gasteiger partial charge in [0, 0.05) is 11.4 Å². The Morgan fingerprint density at radius 1 is 1.27 bits per heavy atom. The van der Waals surface area contributed by atoms with Gasteiger partial charge >= 0.3 is 0 Å². The molecule has 0 saturated carbocycles. The van der Waals surface area contributed by atoms with Crippen LogP contribution in [-0.2, 0) is 22.3 Å². The molecule has 0 amide bonds. The Morgan fingerprint density at radius 3 is 2.73 bits per heavy atom. The molecule has 22 heavy (non-hydrogen) atoms. The minimum atomic E-state index is -0.258. The number of hydrogen-bond donors (Lipinski definition) is 0. The van der Waals surface area contributed by atoms with E-state index in [4.69, 9.17) is 32.7 Å². The van der Waals surface area contributed by atoms with E-state index in [-0.39, 0.29) is 6.29 Å². The van der Waals surface area contributed by atoms with Crippen LogP contribution in [-0.4, -0.2) is 34.3 Å². The largest absolute Gasteiger partial charge is 0.350 e. The van der Waals surface area contributed by atoms with Crippen LogP contribution in [0.2, 0.25) is 10.0 Å². The molecule has 0 bridgehead atoms. The average Bonchev–Trinajstić information content (AvgIpc) is 3.10. The van der Waals surface area contributed by atoms with Crippen molar-refractivity contribution in [1.29, 1.82) is 0 Å². The molecule has 1 fully saturated rings. The van der Waals surface area contributed by atoms with Crippen molar-refractivity contribution in [3.8, 4) is 5.69 Å². The fraction of sp³-hybridized carbons (Fsp3) is 0.467. The van der Waals surface area contributed by atoms with Crippen molar-refractivity contribution < 1.29 is 9.47 Å². The molecule has 1 aliphatic heterocycles. The molecule has 0 N–H and O–H groups in total. The van der Waals surface area contributed by atoms with E-state index >= 15 is 0 Å². The van der Waals surface area contributed by atoms with Crippen LogP contribution in [0.4, 0.5) is 0 Å². The predicted octanol–water partition coefficient (Wildman–Crippen LogP) is 3.44. The number of benzene rings is 1. The Balaban J connectivity index is 1.92. The zero-order chi connectivity index (χ0) is 15.5. The molecular weight excluding hydrogens is 325 g/mol. The second-order valence-corrected chi connectivity index (χ2v) is 5.92. The first-order valence-electron chi connectivity index (χ1n) is 7.31. The molecule has 5 nitrogen and oxygen atoms in total. The Labute approximate surface area is 139 Å². The highest BCUT2D eigenvalue weighted by Crippen LogP contribution is 2.25. The summed E-state index contributed by atoms with van der Waals surface area (Å²) >= 11 is 12.3. The van der Waals surface area contributed by atoms with Crippen LogP contribution in [0, 0.1) is 0 Å². The highest BCUT2D eigenvalue weighted by molar-refractivity contribution is 6.35. The van der Waals surface area contributed by atoms with Crippen LogP contribution in [0.3, 0.4) is 0 Å². The lowest BCUT2D eigenvalue weighted by Gasteiger charge is -2.07. The van der Waals surface area contributed by atoms with Gasteiger partial charge in [-0.25, -0.2) is 9.67 Å². The summed E-state index contributed by atoms with van der Waals surface area (Å²) in [5.41, 5.74) is 0.779. The lowest BCUT2D eigenvalue weighted by atomic mass is 10.3. The van der Waals surface area contributed by atoms with Gasteiger partial charge in [-0.05, 0) is 24.6 Å². The number of halogens is 2. The van der Waals surface area contributed by atoms with Crippen molar-refractivity contribution in [3.63, 3.8) is 0 Å². The first-order valence-corrected chi connectivity index (χ1v) is 8.06. The number of hydrogen-bond acceptors (Lipinski definition) is 4. The van der Waals surface area contributed by atoms with Crippen LogP contribution in [0.25, 0.3) is 5.69 Å². The summed E-state index contributed by atoms with van der Waals surface area (Å²) in [5, 5.41) is 5.72. The summed E-state index contributed by atoms with van der Waals surface area (Å²) in [6.07, 6.45) is 2.07. The van der Waals surface area contributed by atoms with Gasteiger partial charge in [0.2, 0.25) is 0 Å². The van der Waals surface area contributed by atoms with Crippen molar-refractivity contribution in [1.82, 2.24) is 14.8 Å². The van der Waals surface area contributed by atoms with Crippen LogP contribution >= 0.6 is 23.2 Å². The highest BCUT2D eigenvalue weighted by atomic mass is 35.5. The van der Waals surface area contributed by atoms with Gasteiger partial charge in [0.25, 0.3) is 0 Å². The first-order chi connectivity index (χ1) is 10.7. The molecule has 3 rings (SSSR count). The quantitative estimate of drug-likeness (QED) is 0.835. The minimum Gasteiger partial charge on any atom is -0.350 e. The maximum atomic E-state index is 6.29. The topological polar surface area (TPSA) is 49.2 Å². The monoisotopic (exact) mass is 341 g/mol. The summed E-state index contributed by atoms with van der Waals surface area (Å²) in [6.45, 7) is 3.35. The van der Waals surface area contributed by atoms with E-state index in [1.165, 1.54) is 0 Å². The third kappa shape index (κ3) is 3.43. The molecule has 2 heterocycles. The minimum absolute atomic E-state index is 0.258. The zero-order valence-corrected chi connectivity index (χ0v) is 13.8. The number of rotatable bonds is 5. The predicted molar refractivity (Wildman–Crippen MR) is 84.8 cm³/mol. The Kier molecular flexibility index (Phi) is 4.98. The molecule has 7 heteroatoms. The molecular formula is C15H17Cl2N3O2. The fourth-order valence-corrected chi connectivity index (χ4v) is 2.87. The van der Waals surface area contributed by atoms with E-state index in [1.807, 2.05) is 6.07 Å². The SMILES string of the molecule is CCCc1nc(CC2OCCO2)nn1-c1ccc(Cl)cc1Cl. The molecule has 0 radical (unpaired) electrons. The van der Waals surface area contributed by atoms with Crippen LogP contribution in [0.5, 0.6) is 0 Å². The van der Waals surface area contributed by atoms with E-state index in [2.05, 4.69) is 17.0 Å². The molecule has 1 aromatic carbocycles. The number of aryl methyl sites for hydroxylation is 1. The molecule has 0 unspecified atom stereocenters. The number of nitrogens with zero attached hydrogens (tertiary/aromatic N) is 3. The first kappa shape index (κ1) is 15.7. The molecule has 0 spiro atoms. The molecule has 0 aliphatic carbocycles. The van der Waals surface area contributed by atoms with Crippen molar-refractivity contribution in [2.75, 3.05) is 13.2 Å². The summed E-state index contributed by atoms with van der Waals surface area (Å²) in [7, 11) is 0. The van der Waals surface area contributed by atoms with Gasteiger partial charge < -0.3 is 9.47 Å². The lowest BCUT2D eigenvalue weighted by molar-refractivity contribution is -0.0412.